The first kappa shape index (κ1) is 14.9. The fraction of sp³-hybridized carbons (Fsp3) is 0.267. The van der Waals surface area contributed by atoms with Gasteiger partial charge in [-0.3, -0.25) is 10.1 Å². The van der Waals surface area contributed by atoms with Crippen molar-refractivity contribution in [3.63, 3.8) is 0 Å². The van der Waals surface area contributed by atoms with E-state index in [0.717, 1.165) is 5.56 Å². The fourth-order valence-electron chi connectivity index (χ4n) is 2.11. The summed E-state index contributed by atoms with van der Waals surface area (Å²) < 4.78 is 5.65. The van der Waals surface area contributed by atoms with Gasteiger partial charge >= 0.3 is 5.69 Å². The lowest BCUT2D eigenvalue weighted by atomic mass is 10.1. The van der Waals surface area contributed by atoms with Gasteiger partial charge in [-0.05, 0) is 43.5 Å². The first-order chi connectivity index (χ1) is 9.92. The highest BCUT2D eigenvalue weighted by atomic mass is 16.6. The number of rotatable bonds is 4. The van der Waals surface area contributed by atoms with Gasteiger partial charge in [0, 0.05) is 17.8 Å². The van der Waals surface area contributed by atoms with Crippen molar-refractivity contribution in [3.05, 3.63) is 56.8 Å². The molecule has 6 heteroatoms. The lowest BCUT2D eigenvalue weighted by molar-refractivity contribution is -0.385. The van der Waals surface area contributed by atoms with Gasteiger partial charge in [0.25, 0.3) is 0 Å². The normalized spacial score (nSPS) is 10.5. The Bertz CT molecular complexity index is 698. The summed E-state index contributed by atoms with van der Waals surface area (Å²) in [7, 11) is 0. The second-order valence-corrected chi connectivity index (χ2v) is 4.91. The molecule has 0 radical (unpaired) electrons. The van der Waals surface area contributed by atoms with Gasteiger partial charge in [0.1, 0.15) is 0 Å². The maximum Gasteiger partial charge on any atom is 0.312 e. The topological polar surface area (TPSA) is 85.5 Å². The average Bonchev–Trinajstić information content (AvgIpc) is 2.42. The van der Waals surface area contributed by atoms with E-state index in [-0.39, 0.29) is 18.0 Å². The lowest BCUT2D eigenvalue weighted by Crippen LogP contribution is -2.00. The van der Waals surface area contributed by atoms with Gasteiger partial charge in [0.15, 0.2) is 0 Å². The standard InChI is InChI=1S/C15H16N2O4/c1-9-4-10(2)14(13(5-9)17(19)20)21-15-11(3)6-12(8-18)7-16-15/h4-7,18H,8H2,1-3H3. The zero-order valence-corrected chi connectivity index (χ0v) is 12.1. The van der Waals surface area contributed by atoms with Gasteiger partial charge in [-0.15, -0.1) is 0 Å². The highest BCUT2D eigenvalue weighted by Crippen LogP contribution is 2.35. The number of hydrogen-bond donors (Lipinski definition) is 1. The molecule has 0 saturated heterocycles. The molecule has 1 aromatic heterocycles. The quantitative estimate of drug-likeness (QED) is 0.689. The van der Waals surface area contributed by atoms with E-state index in [4.69, 9.17) is 9.84 Å². The van der Waals surface area contributed by atoms with Gasteiger partial charge in [-0.25, -0.2) is 4.98 Å². The Morgan fingerprint density at radius 1 is 1.24 bits per heavy atom. The number of ether oxygens (including phenoxy) is 1. The molecule has 0 atom stereocenters. The van der Waals surface area contributed by atoms with Crippen LogP contribution in [0.2, 0.25) is 0 Å². The van der Waals surface area contributed by atoms with Gasteiger partial charge in [-0.1, -0.05) is 6.07 Å². The third kappa shape index (κ3) is 3.17. The van der Waals surface area contributed by atoms with Crippen LogP contribution < -0.4 is 4.74 Å². The Morgan fingerprint density at radius 3 is 2.52 bits per heavy atom. The fourth-order valence-corrected chi connectivity index (χ4v) is 2.11. The number of pyridine rings is 1. The minimum absolute atomic E-state index is 0.0834. The maximum absolute atomic E-state index is 11.2. The average molecular weight is 288 g/mol. The van der Waals surface area contributed by atoms with Crippen LogP contribution >= 0.6 is 0 Å². The first-order valence-corrected chi connectivity index (χ1v) is 6.42. The number of benzene rings is 1. The van der Waals surface area contributed by atoms with Crippen LogP contribution in [0.3, 0.4) is 0 Å². The molecule has 21 heavy (non-hydrogen) atoms. The number of hydrogen-bond acceptors (Lipinski definition) is 5. The van der Waals surface area contributed by atoms with Crippen molar-refractivity contribution < 1.29 is 14.8 Å². The van der Waals surface area contributed by atoms with Crippen LogP contribution in [0.1, 0.15) is 22.3 Å². The van der Waals surface area contributed by atoms with Gasteiger partial charge in [0.05, 0.1) is 11.5 Å². The number of aliphatic hydroxyl groups is 1. The maximum atomic E-state index is 11.2. The van der Waals surface area contributed by atoms with Crippen molar-refractivity contribution >= 4 is 5.69 Å². The molecule has 0 fully saturated rings. The van der Waals surface area contributed by atoms with Crippen LogP contribution in [0, 0.1) is 30.9 Å². The molecule has 1 aromatic carbocycles. The summed E-state index contributed by atoms with van der Waals surface area (Å²) in [6.45, 7) is 5.21. The van der Waals surface area contributed by atoms with Crippen LogP contribution in [-0.4, -0.2) is 15.0 Å². The minimum atomic E-state index is -0.466. The second-order valence-electron chi connectivity index (χ2n) is 4.91. The summed E-state index contributed by atoms with van der Waals surface area (Å²) >= 11 is 0. The molecule has 0 aliphatic heterocycles. The first-order valence-electron chi connectivity index (χ1n) is 6.42. The number of aryl methyl sites for hydroxylation is 3. The van der Waals surface area contributed by atoms with Gasteiger partial charge in [-0.2, -0.15) is 0 Å². The largest absolute Gasteiger partial charge is 0.431 e. The lowest BCUT2D eigenvalue weighted by Gasteiger charge is -2.11. The predicted molar refractivity (Wildman–Crippen MR) is 77.5 cm³/mol. The van der Waals surface area contributed by atoms with Crippen LogP contribution in [0.25, 0.3) is 0 Å². The summed E-state index contributed by atoms with van der Waals surface area (Å²) in [5.41, 5.74) is 2.76. The molecule has 1 N–H and O–H groups in total. The molecule has 0 saturated carbocycles. The molecule has 2 aromatic rings. The molecule has 2 rings (SSSR count). The zero-order valence-electron chi connectivity index (χ0n) is 12.1. The summed E-state index contributed by atoms with van der Waals surface area (Å²) in [5, 5.41) is 20.2. The molecule has 0 aliphatic carbocycles. The molecular weight excluding hydrogens is 272 g/mol. The monoisotopic (exact) mass is 288 g/mol. The number of nitro benzene ring substituents is 1. The Labute approximate surface area is 122 Å². The third-order valence-electron chi connectivity index (χ3n) is 3.06. The zero-order chi connectivity index (χ0) is 15.6. The number of nitrogens with zero attached hydrogens (tertiary/aromatic N) is 2. The Morgan fingerprint density at radius 2 is 1.95 bits per heavy atom. The van der Waals surface area contributed by atoms with E-state index in [1.54, 1.807) is 26.8 Å². The van der Waals surface area contributed by atoms with Crippen LogP contribution in [0.15, 0.2) is 24.4 Å². The summed E-state index contributed by atoms with van der Waals surface area (Å²) in [4.78, 5) is 14.8. The summed E-state index contributed by atoms with van der Waals surface area (Å²) in [6.07, 6.45) is 1.48. The van der Waals surface area contributed by atoms with Crippen molar-refractivity contribution in [3.8, 4) is 11.6 Å². The van der Waals surface area contributed by atoms with E-state index >= 15 is 0 Å². The van der Waals surface area contributed by atoms with Crippen molar-refractivity contribution in [1.82, 2.24) is 4.98 Å². The molecular formula is C15H16N2O4. The highest BCUT2D eigenvalue weighted by molar-refractivity contribution is 5.55. The van der Waals surface area contributed by atoms with Crippen LogP contribution in [0.4, 0.5) is 5.69 Å². The molecule has 0 spiro atoms. The highest BCUT2D eigenvalue weighted by Gasteiger charge is 2.20. The predicted octanol–water partition coefficient (Wildman–Crippen LogP) is 3.20. The van der Waals surface area contributed by atoms with Crippen molar-refractivity contribution in [2.45, 2.75) is 27.4 Å². The van der Waals surface area contributed by atoms with Crippen LogP contribution in [0.5, 0.6) is 11.6 Å². The Hall–Kier alpha value is -2.47. The van der Waals surface area contributed by atoms with Crippen molar-refractivity contribution in [2.24, 2.45) is 0 Å². The van der Waals surface area contributed by atoms with E-state index in [1.165, 1.54) is 12.3 Å². The smallest absolute Gasteiger partial charge is 0.312 e. The number of aliphatic hydroxyl groups excluding tert-OH is 1. The summed E-state index contributed by atoms with van der Waals surface area (Å²) in [5.74, 6) is 0.486. The van der Waals surface area contributed by atoms with Crippen molar-refractivity contribution in [2.75, 3.05) is 0 Å². The van der Waals surface area contributed by atoms with Crippen LogP contribution in [-0.2, 0) is 6.61 Å². The minimum Gasteiger partial charge on any atom is -0.431 e. The number of aromatic nitrogens is 1. The Balaban J connectivity index is 2.46. The van der Waals surface area contributed by atoms with Crippen molar-refractivity contribution in [1.29, 1.82) is 0 Å². The van der Waals surface area contributed by atoms with Gasteiger partial charge < -0.3 is 9.84 Å². The van der Waals surface area contributed by atoms with Gasteiger partial charge in [0.2, 0.25) is 11.6 Å². The SMILES string of the molecule is Cc1cc(C)c(Oc2ncc(CO)cc2C)c([N+](=O)[O-])c1. The van der Waals surface area contributed by atoms with E-state index in [2.05, 4.69) is 4.98 Å². The molecule has 110 valence electrons. The molecule has 0 amide bonds. The number of nitro groups is 1. The summed E-state index contributed by atoms with van der Waals surface area (Å²) in [6, 6.07) is 5.03. The van der Waals surface area contributed by atoms with E-state index in [9.17, 15) is 10.1 Å². The van der Waals surface area contributed by atoms with E-state index in [1.807, 2.05) is 6.07 Å². The third-order valence-corrected chi connectivity index (χ3v) is 3.06. The molecule has 0 unspecified atom stereocenters. The Kier molecular flexibility index (Phi) is 4.18. The molecule has 0 bridgehead atoms. The second kappa shape index (κ2) is 5.88. The van der Waals surface area contributed by atoms with E-state index < -0.39 is 4.92 Å². The molecule has 6 nitrogen and oxygen atoms in total. The van der Waals surface area contributed by atoms with E-state index in [0.29, 0.717) is 22.6 Å². The molecule has 1 heterocycles. The molecule has 0 aliphatic rings.